The Bertz CT molecular complexity index is 612. The molecular formula is C14H15N5O2. The number of carbonyl (C=O) groups excluding carboxylic acids is 1. The molecule has 108 valence electrons. The largest absolute Gasteiger partial charge is 0.468 e. The zero-order chi connectivity index (χ0) is 14.5. The van der Waals surface area contributed by atoms with Crippen LogP contribution in [0.15, 0.2) is 52.4 Å². The molecule has 0 radical (unpaired) electrons. The van der Waals surface area contributed by atoms with Crippen LogP contribution in [0.2, 0.25) is 0 Å². The number of pyridine rings is 1. The molecule has 21 heavy (non-hydrogen) atoms. The van der Waals surface area contributed by atoms with E-state index < -0.39 is 0 Å². The molecule has 2 aromatic heterocycles. The summed E-state index contributed by atoms with van der Waals surface area (Å²) >= 11 is 0. The first-order valence-corrected chi connectivity index (χ1v) is 6.60. The smallest absolute Gasteiger partial charge is 0.258 e. The Morgan fingerprint density at radius 1 is 1.38 bits per heavy atom. The van der Waals surface area contributed by atoms with Gasteiger partial charge in [-0.05, 0) is 36.2 Å². The van der Waals surface area contributed by atoms with Crippen LogP contribution < -0.4 is 16.3 Å². The molecule has 7 heteroatoms. The van der Waals surface area contributed by atoms with E-state index in [-0.39, 0.29) is 18.0 Å². The van der Waals surface area contributed by atoms with Gasteiger partial charge in [-0.3, -0.25) is 9.78 Å². The average molecular weight is 285 g/mol. The number of nitrogens with one attached hydrogen (secondary N) is 3. The van der Waals surface area contributed by atoms with Gasteiger partial charge in [0.25, 0.3) is 5.91 Å². The lowest BCUT2D eigenvalue weighted by atomic mass is 10.1. The van der Waals surface area contributed by atoms with Gasteiger partial charge in [-0.25, -0.2) is 16.3 Å². The van der Waals surface area contributed by atoms with Crippen molar-refractivity contribution in [2.24, 2.45) is 5.10 Å². The molecule has 1 amide bonds. The monoisotopic (exact) mass is 285 g/mol. The fraction of sp³-hybridized carbons (Fsp3) is 0.214. The first-order chi connectivity index (χ1) is 10.3. The summed E-state index contributed by atoms with van der Waals surface area (Å²) in [5.41, 5.74) is 9.36. The van der Waals surface area contributed by atoms with Crippen molar-refractivity contribution >= 4 is 12.1 Å². The van der Waals surface area contributed by atoms with E-state index in [9.17, 15) is 4.79 Å². The molecule has 3 rings (SSSR count). The molecule has 1 aliphatic heterocycles. The van der Waals surface area contributed by atoms with Crippen LogP contribution in [0.5, 0.6) is 0 Å². The Morgan fingerprint density at radius 2 is 2.24 bits per heavy atom. The van der Waals surface area contributed by atoms with Crippen molar-refractivity contribution in [3.05, 3.63) is 54.2 Å². The van der Waals surface area contributed by atoms with E-state index in [0.29, 0.717) is 6.42 Å². The summed E-state index contributed by atoms with van der Waals surface area (Å²) in [5, 5.41) is 3.93. The molecule has 2 aromatic rings. The summed E-state index contributed by atoms with van der Waals surface area (Å²) in [6, 6.07) is 6.94. The second-order valence-corrected chi connectivity index (χ2v) is 4.66. The highest BCUT2D eigenvalue weighted by Crippen LogP contribution is 2.22. The van der Waals surface area contributed by atoms with Gasteiger partial charge in [0, 0.05) is 12.4 Å². The summed E-state index contributed by atoms with van der Waals surface area (Å²) in [6.07, 6.45) is 7.12. The van der Waals surface area contributed by atoms with Gasteiger partial charge in [0.15, 0.2) is 0 Å². The standard InChI is InChI=1S/C14H15N5O2/c20-14(19-16-9-10-3-5-15-6-4-10)12-8-11(17-18-12)13-2-1-7-21-13/h1-7,9,11-12,17-18H,8H2,(H,19,20)/b16-9+. The number of aromatic nitrogens is 1. The molecule has 1 saturated heterocycles. The molecule has 3 heterocycles. The van der Waals surface area contributed by atoms with Gasteiger partial charge in [-0.1, -0.05) is 0 Å². The van der Waals surface area contributed by atoms with E-state index in [4.69, 9.17) is 4.42 Å². The molecule has 3 N–H and O–H groups in total. The molecule has 1 aliphatic rings. The number of rotatable bonds is 4. The van der Waals surface area contributed by atoms with Crippen molar-refractivity contribution in [2.45, 2.75) is 18.5 Å². The van der Waals surface area contributed by atoms with Crippen LogP contribution in [0.4, 0.5) is 0 Å². The number of amides is 1. The number of hydrogen-bond acceptors (Lipinski definition) is 6. The molecule has 2 unspecified atom stereocenters. The van der Waals surface area contributed by atoms with Gasteiger partial charge in [0.2, 0.25) is 0 Å². The van der Waals surface area contributed by atoms with Crippen LogP contribution in [0.25, 0.3) is 0 Å². The lowest BCUT2D eigenvalue weighted by Gasteiger charge is -2.06. The second kappa shape index (κ2) is 6.29. The highest BCUT2D eigenvalue weighted by Gasteiger charge is 2.31. The Kier molecular flexibility index (Phi) is 4.04. The number of furan rings is 1. The first-order valence-electron chi connectivity index (χ1n) is 6.60. The topological polar surface area (TPSA) is 91.6 Å². The lowest BCUT2D eigenvalue weighted by molar-refractivity contribution is -0.122. The third-order valence-corrected chi connectivity index (χ3v) is 3.20. The quantitative estimate of drug-likeness (QED) is 0.569. The number of hydrazone groups is 1. The Labute approximate surface area is 121 Å². The van der Waals surface area contributed by atoms with Crippen molar-refractivity contribution in [3.8, 4) is 0 Å². The SMILES string of the molecule is O=C(N/N=C/c1ccncc1)C1CC(c2ccco2)NN1. The minimum absolute atomic E-state index is 0.0140. The minimum atomic E-state index is -0.352. The predicted octanol–water partition coefficient (Wildman–Crippen LogP) is 0.732. The van der Waals surface area contributed by atoms with Crippen molar-refractivity contribution < 1.29 is 9.21 Å². The van der Waals surface area contributed by atoms with Crippen molar-refractivity contribution in [3.63, 3.8) is 0 Å². The van der Waals surface area contributed by atoms with Gasteiger partial charge in [0.05, 0.1) is 18.5 Å². The fourth-order valence-electron chi connectivity index (χ4n) is 2.10. The molecule has 0 bridgehead atoms. The third kappa shape index (κ3) is 3.33. The number of hydrogen-bond donors (Lipinski definition) is 3. The molecular weight excluding hydrogens is 270 g/mol. The Balaban J connectivity index is 1.51. The van der Waals surface area contributed by atoms with E-state index in [1.807, 2.05) is 12.1 Å². The van der Waals surface area contributed by atoms with Crippen LogP contribution in [0.1, 0.15) is 23.8 Å². The number of hydrazine groups is 1. The normalized spacial score (nSPS) is 21.7. The minimum Gasteiger partial charge on any atom is -0.468 e. The highest BCUT2D eigenvalue weighted by atomic mass is 16.3. The fourth-order valence-corrected chi connectivity index (χ4v) is 2.10. The van der Waals surface area contributed by atoms with Crippen LogP contribution >= 0.6 is 0 Å². The molecule has 0 aromatic carbocycles. The Hall–Kier alpha value is -2.51. The second-order valence-electron chi connectivity index (χ2n) is 4.66. The lowest BCUT2D eigenvalue weighted by Crippen LogP contribution is -2.41. The van der Waals surface area contributed by atoms with Crippen LogP contribution in [0.3, 0.4) is 0 Å². The summed E-state index contributed by atoms with van der Waals surface area (Å²) in [4.78, 5) is 15.9. The maximum Gasteiger partial charge on any atom is 0.258 e. The maximum atomic E-state index is 12.0. The molecule has 1 fully saturated rings. The van der Waals surface area contributed by atoms with Crippen molar-refractivity contribution in [2.75, 3.05) is 0 Å². The van der Waals surface area contributed by atoms with E-state index in [1.165, 1.54) is 0 Å². The van der Waals surface area contributed by atoms with Gasteiger partial charge >= 0.3 is 0 Å². The molecule has 0 aliphatic carbocycles. The van der Waals surface area contributed by atoms with E-state index in [1.54, 1.807) is 37.0 Å². The summed E-state index contributed by atoms with van der Waals surface area (Å²) < 4.78 is 5.31. The first kappa shape index (κ1) is 13.5. The summed E-state index contributed by atoms with van der Waals surface area (Å²) in [6.45, 7) is 0. The third-order valence-electron chi connectivity index (χ3n) is 3.20. The van der Waals surface area contributed by atoms with Gasteiger partial charge < -0.3 is 4.42 Å². The van der Waals surface area contributed by atoms with Crippen molar-refractivity contribution in [1.82, 2.24) is 21.3 Å². The van der Waals surface area contributed by atoms with Gasteiger partial charge in [-0.15, -0.1) is 0 Å². The molecule has 2 atom stereocenters. The van der Waals surface area contributed by atoms with E-state index in [0.717, 1.165) is 11.3 Å². The van der Waals surface area contributed by atoms with Crippen LogP contribution in [0, 0.1) is 0 Å². The van der Waals surface area contributed by atoms with E-state index >= 15 is 0 Å². The number of nitrogens with zero attached hydrogens (tertiary/aromatic N) is 2. The van der Waals surface area contributed by atoms with Gasteiger partial charge in [-0.2, -0.15) is 5.10 Å². The maximum absolute atomic E-state index is 12.0. The average Bonchev–Trinajstić information content (AvgIpc) is 3.19. The molecule has 0 spiro atoms. The van der Waals surface area contributed by atoms with Crippen molar-refractivity contribution in [1.29, 1.82) is 0 Å². The molecule has 0 saturated carbocycles. The summed E-state index contributed by atoms with van der Waals surface area (Å²) in [7, 11) is 0. The zero-order valence-electron chi connectivity index (χ0n) is 11.2. The zero-order valence-corrected chi connectivity index (χ0v) is 11.2. The number of carbonyl (C=O) groups is 1. The van der Waals surface area contributed by atoms with Crippen LogP contribution in [-0.2, 0) is 4.79 Å². The Morgan fingerprint density at radius 3 is 3.00 bits per heavy atom. The van der Waals surface area contributed by atoms with E-state index in [2.05, 4.69) is 26.4 Å². The highest BCUT2D eigenvalue weighted by molar-refractivity contribution is 5.85. The predicted molar refractivity (Wildman–Crippen MR) is 76.1 cm³/mol. The molecule has 7 nitrogen and oxygen atoms in total. The summed E-state index contributed by atoms with van der Waals surface area (Å²) in [5.74, 6) is 0.611. The van der Waals surface area contributed by atoms with Crippen LogP contribution in [-0.4, -0.2) is 23.1 Å². The van der Waals surface area contributed by atoms with Gasteiger partial charge in [0.1, 0.15) is 11.8 Å².